The molecule has 2 nitrogen and oxygen atoms in total. The van der Waals surface area contributed by atoms with Gasteiger partial charge in [0.15, 0.2) is 0 Å². The average Bonchev–Trinajstić information content (AvgIpc) is 2.65. The van der Waals surface area contributed by atoms with Crippen LogP contribution >= 0.6 is 0 Å². The summed E-state index contributed by atoms with van der Waals surface area (Å²) in [5.74, 6) is 0.255. The number of allylic oxidation sites excluding steroid dienone is 4. The third-order valence-electron chi connectivity index (χ3n) is 4.07. The molecule has 1 atom stereocenters. The monoisotopic (exact) mass is 252 g/mol. The Morgan fingerprint density at radius 2 is 1.84 bits per heavy atom. The molecule has 19 heavy (non-hydrogen) atoms. The van der Waals surface area contributed by atoms with E-state index >= 15 is 0 Å². The van der Waals surface area contributed by atoms with Crippen molar-refractivity contribution in [3.8, 4) is 6.07 Å². The van der Waals surface area contributed by atoms with Crippen LogP contribution in [0, 0.1) is 11.3 Å². The van der Waals surface area contributed by atoms with E-state index in [-0.39, 0.29) is 5.92 Å². The second-order valence-corrected chi connectivity index (χ2v) is 5.41. The topological polar surface area (TPSA) is 27.0 Å². The molecule has 0 aliphatic heterocycles. The van der Waals surface area contributed by atoms with E-state index in [1.165, 1.54) is 16.7 Å². The zero-order valence-electron chi connectivity index (χ0n) is 12.3. The van der Waals surface area contributed by atoms with Crippen LogP contribution in [0.15, 0.2) is 41.0 Å². The standard InChI is InChI=1S/C17H20N2/c1-11-8-17(13(3)12(11)2)16-7-6-15(19(4)5)9-14(16)10-18/h6-9,17H,1-5H3. The highest BCUT2D eigenvalue weighted by Crippen LogP contribution is 2.39. The molecule has 2 rings (SSSR count). The van der Waals surface area contributed by atoms with Gasteiger partial charge in [0.25, 0.3) is 0 Å². The van der Waals surface area contributed by atoms with Crippen molar-refractivity contribution in [1.29, 1.82) is 5.26 Å². The fourth-order valence-corrected chi connectivity index (χ4v) is 2.56. The second-order valence-electron chi connectivity index (χ2n) is 5.41. The van der Waals surface area contributed by atoms with Crippen molar-refractivity contribution in [2.45, 2.75) is 26.7 Å². The lowest BCUT2D eigenvalue weighted by atomic mass is 9.90. The summed E-state index contributed by atoms with van der Waals surface area (Å²) < 4.78 is 0. The van der Waals surface area contributed by atoms with Crippen molar-refractivity contribution in [3.05, 3.63) is 52.1 Å². The highest BCUT2D eigenvalue weighted by Gasteiger charge is 2.22. The number of anilines is 1. The maximum Gasteiger partial charge on any atom is 0.0995 e. The number of benzene rings is 1. The summed E-state index contributed by atoms with van der Waals surface area (Å²) in [4.78, 5) is 2.02. The first-order valence-corrected chi connectivity index (χ1v) is 6.53. The first kappa shape index (κ1) is 13.4. The van der Waals surface area contributed by atoms with Crippen LogP contribution in [0.3, 0.4) is 0 Å². The predicted molar refractivity (Wildman–Crippen MR) is 80.4 cm³/mol. The van der Waals surface area contributed by atoms with E-state index in [1.807, 2.05) is 25.1 Å². The Morgan fingerprint density at radius 3 is 2.32 bits per heavy atom. The molecule has 0 amide bonds. The molecule has 0 bridgehead atoms. The molecule has 0 fully saturated rings. The van der Waals surface area contributed by atoms with Gasteiger partial charge in [0.1, 0.15) is 0 Å². The number of rotatable bonds is 2. The van der Waals surface area contributed by atoms with Gasteiger partial charge in [-0.1, -0.05) is 23.3 Å². The van der Waals surface area contributed by atoms with Crippen molar-refractivity contribution >= 4 is 5.69 Å². The van der Waals surface area contributed by atoms with E-state index in [4.69, 9.17) is 0 Å². The van der Waals surface area contributed by atoms with Crippen LogP contribution in [-0.2, 0) is 0 Å². The molecule has 1 aliphatic carbocycles. The minimum atomic E-state index is 0.255. The number of hydrogen-bond donors (Lipinski definition) is 0. The molecule has 0 heterocycles. The first-order chi connectivity index (χ1) is 8.95. The summed E-state index contributed by atoms with van der Waals surface area (Å²) in [6, 6.07) is 8.48. The largest absolute Gasteiger partial charge is 0.378 e. The lowest BCUT2D eigenvalue weighted by Gasteiger charge is -2.17. The van der Waals surface area contributed by atoms with E-state index in [2.05, 4.69) is 45.0 Å². The van der Waals surface area contributed by atoms with Gasteiger partial charge >= 0.3 is 0 Å². The van der Waals surface area contributed by atoms with Crippen LogP contribution in [0.1, 0.15) is 37.8 Å². The Bertz CT molecular complexity index is 613. The summed E-state index contributed by atoms with van der Waals surface area (Å²) in [5.41, 5.74) is 6.98. The first-order valence-electron chi connectivity index (χ1n) is 6.53. The zero-order valence-corrected chi connectivity index (χ0v) is 12.3. The summed E-state index contributed by atoms with van der Waals surface area (Å²) in [6.07, 6.45) is 2.26. The summed E-state index contributed by atoms with van der Waals surface area (Å²) in [5, 5.41) is 9.40. The van der Waals surface area contributed by atoms with Gasteiger partial charge in [-0.05, 0) is 44.0 Å². The average molecular weight is 252 g/mol. The fraction of sp³-hybridized carbons (Fsp3) is 0.353. The minimum absolute atomic E-state index is 0.255. The molecule has 1 aromatic carbocycles. The summed E-state index contributed by atoms with van der Waals surface area (Å²) >= 11 is 0. The van der Waals surface area contributed by atoms with E-state index in [9.17, 15) is 5.26 Å². The molecule has 0 saturated carbocycles. The van der Waals surface area contributed by atoms with Crippen molar-refractivity contribution < 1.29 is 0 Å². The molecule has 2 heteroatoms. The van der Waals surface area contributed by atoms with Gasteiger partial charge in [0, 0.05) is 25.7 Å². The van der Waals surface area contributed by atoms with Gasteiger partial charge in [0.05, 0.1) is 11.6 Å². The third-order valence-corrected chi connectivity index (χ3v) is 4.07. The van der Waals surface area contributed by atoms with Gasteiger partial charge in [-0.25, -0.2) is 0 Å². The predicted octanol–water partition coefficient (Wildman–Crippen LogP) is 4.00. The van der Waals surface area contributed by atoms with Crippen LogP contribution in [0.2, 0.25) is 0 Å². The molecule has 0 N–H and O–H groups in total. The Morgan fingerprint density at radius 1 is 1.16 bits per heavy atom. The maximum absolute atomic E-state index is 9.40. The SMILES string of the molecule is CC1=CC(c2ccc(N(C)C)cc2C#N)C(C)=C1C. The molecule has 98 valence electrons. The smallest absolute Gasteiger partial charge is 0.0995 e. The Hall–Kier alpha value is -2.01. The molecule has 1 unspecified atom stereocenters. The highest BCUT2D eigenvalue weighted by atomic mass is 15.1. The molecule has 1 aromatic rings. The molecular formula is C17H20N2. The highest BCUT2D eigenvalue weighted by molar-refractivity contribution is 5.59. The number of nitrogens with zero attached hydrogens (tertiary/aromatic N) is 2. The van der Waals surface area contributed by atoms with Gasteiger partial charge in [-0.15, -0.1) is 0 Å². The summed E-state index contributed by atoms with van der Waals surface area (Å²) in [7, 11) is 3.98. The van der Waals surface area contributed by atoms with E-state index in [0.717, 1.165) is 16.8 Å². The van der Waals surface area contributed by atoms with Crippen LogP contribution in [-0.4, -0.2) is 14.1 Å². The lowest BCUT2D eigenvalue weighted by Crippen LogP contribution is -2.09. The van der Waals surface area contributed by atoms with Crippen molar-refractivity contribution in [2.24, 2.45) is 0 Å². The minimum Gasteiger partial charge on any atom is -0.378 e. The van der Waals surface area contributed by atoms with Gasteiger partial charge in [-0.2, -0.15) is 5.26 Å². The summed E-state index contributed by atoms with van der Waals surface area (Å²) in [6.45, 7) is 6.45. The lowest BCUT2D eigenvalue weighted by molar-refractivity contribution is 0.993. The molecular weight excluding hydrogens is 232 g/mol. The molecule has 0 aromatic heterocycles. The van der Waals surface area contributed by atoms with Gasteiger partial charge in [0.2, 0.25) is 0 Å². The van der Waals surface area contributed by atoms with Gasteiger partial charge < -0.3 is 4.90 Å². The maximum atomic E-state index is 9.40. The van der Waals surface area contributed by atoms with E-state index < -0.39 is 0 Å². The Labute approximate surface area is 115 Å². The van der Waals surface area contributed by atoms with Crippen LogP contribution in [0.4, 0.5) is 5.69 Å². The normalized spacial score (nSPS) is 18.3. The molecule has 0 radical (unpaired) electrons. The van der Waals surface area contributed by atoms with E-state index in [1.54, 1.807) is 0 Å². The Balaban J connectivity index is 2.51. The van der Waals surface area contributed by atoms with Crippen molar-refractivity contribution in [1.82, 2.24) is 0 Å². The van der Waals surface area contributed by atoms with E-state index in [0.29, 0.717) is 0 Å². The number of hydrogen-bond acceptors (Lipinski definition) is 2. The third kappa shape index (κ3) is 2.29. The van der Waals surface area contributed by atoms with Crippen molar-refractivity contribution in [2.75, 3.05) is 19.0 Å². The van der Waals surface area contributed by atoms with Crippen LogP contribution in [0.25, 0.3) is 0 Å². The molecule has 1 aliphatic rings. The quantitative estimate of drug-likeness (QED) is 0.795. The van der Waals surface area contributed by atoms with Crippen LogP contribution < -0.4 is 4.90 Å². The molecule has 0 saturated heterocycles. The number of nitriles is 1. The molecule has 0 spiro atoms. The Kier molecular flexibility index (Phi) is 3.48. The second kappa shape index (κ2) is 4.93. The zero-order chi connectivity index (χ0) is 14.2. The van der Waals surface area contributed by atoms with Gasteiger partial charge in [-0.3, -0.25) is 0 Å². The van der Waals surface area contributed by atoms with Crippen molar-refractivity contribution in [3.63, 3.8) is 0 Å². The fourth-order valence-electron chi connectivity index (χ4n) is 2.56. The van der Waals surface area contributed by atoms with Crippen LogP contribution in [0.5, 0.6) is 0 Å².